The molecule has 0 unspecified atom stereocenters. The van der Waals surface area contributed by atoms with Crippen molar-refractivity contribution in [1.82, 2.24) is 0 Å². The highest BCUT2D eigenvalue weighted by atomic mass is 16.6. The van der Waals surface area contributed by atoms with Crippen LogP contribution in [0.3, 0.4) is 0 Å². The molecule has 3 aliphatic carbocycles. The first-order chi connectivity index (χ1) is 12.4. The molecule has 0 aromatic rings. The molecule has 5 atom stereocenters. The summed E-state index contributed by atoms with van der Waals surface area (Å²) in [5, 5.41) is 0. The minimum atomic E-state index is -0.250. The molecule has 0 aromatic heterocycles. The van der Waals surface area contributed by atoms with Gasteiger partial charge in [-0.05, 0) is 68.3 Å². The Labute approximate surface area is 155 Å². The quantitative estimate of drug-likeness (QED) is 0.421. The standard InChI is InChI=1S/C22H28O4/c1-13-16-11-17-14(2)18(25-21(24)15-7-5-4-6-8-15)9-10-22(17,3)12-19(16)26-20(13)23/h7,16-19H,1-2,4-6,8-12H2,3H3/t16-,17+,18-,19-,22-/m1/s1. The number of allylic oxidation sites excluding steroid dienone is 1. The van der Waals surface area contributed by atoms with Gasteiger partial charge in [0.05, 0.1) is 0 Å². The second kappa shape index (κ2) is 6.40. The van der Waals surface area contributed by atoms with Crippen LogP contribution >= 0.6 is 0 Å². The topological polar surface area (TPSA) is 52.6 Å². The molecule has 140 valence electrons. The highest BCUT2D eigenvalue weighted by Gasteiger charge is 2.54. The highest BCUT2D eigenvalue weighted by Crippen LogP contribution is 2.57. The Morgan fingerprint density at radius 2 is 2.15 bits per heavy atom. The lowest BCUT2D eigenvalue weighted by Crippen LogP contribution is -2.47. The van der Waals surface area contributed by atoms with Gasteiger partial charge in [0.15, 0.2) is 0 Å². The molecule has 1 heterocycles. The molecule has 2 saturated carbocycles. The minimum Gasteiger partial charge on any atom is -0.458 e. The minimum absolute atomic E-state index is 0.0458. The van der Waals surface area contributed by atoms with E-state index in [1.807, 2.05) is 6.08 Å². The molecule has 0 amide bonds. The molecular formula is C22H28O4. The smallest absolute Gasteiger partial charge is 0.334 e. The summed E-state index contributed by atoms with van der Waals surface area (Å²) in [6, 6.07) is 0. The third-order valence-electron chi connectivity index (χ3n) is 7.06. The fourth-order valence-electron chi connectivity index (χ4n) is 5.40. The van der Waals surface area contributed by atoms with Gasteiger partial charge in [0.1, 0.15) is 12.2 Å². The van der Waals surface area contributed by atoms with Crippen LogP contribution in [-0.2, 0) is 19.1 Å². The van der Waals surface area contributed by atoms with E-state index < -0.39 is 0 Å². The van der Waals surface area contributed by atoms with Crippen LogP contribution in [0.4, 0.5) is 0 Å². The van der Waals surface area contributed by atoms with Gasteiger partial charge >= 0.3 is 11.9 Å². The van der Waals surface area contributed by atoms with Crippen LogP contribution in [-0.4, -0.2) is 24.1 Å². The highest BCUT2D eigenvalue weighted by molar-refractivity contribution is 5.91. The molecule has 0 spiro atoms. The van der Waals surface area contributed by atoms with Crippen molar-refractivity contribution < 1.29 is 19.1 Å². The van der Waals surface area contributed by atoms with Gasteiger partial charge in [-0.3, -0.25) is 0 Å². The summed E-state index contributed by atoms with van der Waals surface area (Å²) < 4.78 is 11.4. The first-order valence-corrected chi connectivity index (χ1v) is 9.87. The SMILES string of the molecule is C=C1C(=O)O[C@@H]2C[C@@]3(C)CC[C@@H](OC(=O)C4=CCCCC4)C(=C)[C@@H]3C[C@H]12. The van der Waals surface area contributed by atoms with Crippen molar-refractivity contribution in [2.75, 3.05) is 0 Å². The maximum Gasteiger partial charge on any atom is 0.334 e. The van der Waals surface area contributed by atoms with Gasteiger partial charge < -0.3 is 9.47 Å². The van der Waals surface area contributed by atoms with Gasteiger partial charge in [-0.15, -0.1) is 0 Å². The summed E-state index contributed by atoms with van der Waals surface area (Å²) in [6.45, 7) is 10.5. The second-order valence-corrected chi connectivity index (χ2v) is 8.70. The first kappa shape index (κ1) is 17.6. The average molecular weight is 356 g/mol. The molecule has 4 heteroatoms. The number of ether oxygens (including phenoxy) is 2. The zero-order valence-corrected chi connectivity index (χ0v) is 15.6. The third-order valence-corrected chi connectivity index (χ3v) is 7.06. The van der Waals surface area contributed by atoms with Crippen LogP contribution in [0, 0.1) is 17.3 Å². The Hall–Kier alpha value is -1.84. The molecule has 0 aromatic carbocycles. The molecule has 4 nitrogen and oxygen atoms in total. The molecule has 4 rings (SSSR count). The van der Waals surface area contributed by atoms with Crippen molar-refractivity contribution >= 4 is 11.9 Å². The predicted octanol–water partition coefficient (Wildman–Crippen LogP) is 4.26. The molecule has 1 saturated heterocycles. The lowest BCUT2D eigenvalue weighted by Gasteiger charge is -2.51. The van der Waals surface area contributed by atoms with Crippen molar-refractivity contribution in [3.8, 4) is 0 Å². The normalized spacial score (nSPS) is 39.6. The van der Waals surface area contributed by atoms with Crippen LogP contribution in [0.15, 0.2) is 36.0 Å². The molecule has 3 fully saturated rings. The second-order valence-electron chi connectivity index (χ2n) is 8.70. The van der Waals surface area contributed by atoms with Crippen LogP contribution in [0.25, 0.3) is 0 Å². The van der Waals surface area contributed by atoms with Crippen molar-refractivity contribution in [2.45, 2.75) is 70.5 Å². The monoisotopic (exact) mass is 356 g/mol. The largest absolute Gasteiger partial charge is 0.458 e. The van der Waals surface area contributed by atoms with Crippen molar-refractivity contribution in [3.05, 3.63) is 36.0 Å². The number of esters is 2. The summed E-state index contributed by atoms with van der Waals surface area (Å²) >= 11 is 0. The predicted molar refractivity (Wildman–Crippen MR) is 98.1 cm³/mol. The van der Waals surface area contributed by atoms with Gasteiger partial charge in [0.2, 0.25) is 0 Å². The van der Waals surface area contributed by atoms with E-state index in [1.165, 1.54) is 0 Å². The Morgan fingerprint density at radius 1 is 1.35 bits per heavy atom. The molecule has 0 radical (unpaired) electrons. The van der Waals surface area contributed by atoms with Crippen LogP contribution in [0.5, 0.6) is 0 Å². The first-order valence-electron chi connectivity index (χ1n) is 9.87. The van der Waals surface area contributed by atoms with E-state index in [9.17, 15) is 9.59 Å². The Balaban J connectivity index is 1.48. The summed E-state index contributed by atoms with van der Waals surface area (Å²) in [6.07, 6.45) is 9.20. The lowest BCUT2D eigenvalue weighted by molar-refractivity contribution is -0.149. The van der Waals surface area contributed by atoms with Gasteiger partial charge in [-0.2, -0.15) is 0 Å². The summed E-state index contributed by atoms with van der Waals surface area (Å²) in [4.78, 5) is 24.4. The van der Waals surface area contributed by atoms with Crippen molar-refractivity contribution in [3.63, 3.8) is 0 Å². The molecule has 0 N–H and O–H groups in total. The lowest BCUT2D eigenvalue weighted by atomic mass is 9.55. The zero-order valence-electron chi connectivity index (χ0n) is 15.6. The molecule has 1 aliphatic heterocycles. The summed E-state index contributed by atoms with van der Waals surface area (Å²) in [5.41, 5.74) is 2.48. The summed E-state index contributed by atoms with van der Waals surface area (Å²) in [5.74, 6) is -0.105. The number of hydrogen-bond acceptors (Lipinski definition) is 4. The number of carbonyl (C=O) groups is 2. The van der Waals surface area contributed by atoms with Gasteiger partial charge in [0.25, 0.3) is 0 Å². The molecule has 4 aliphatic rings. The maximum atomic E-state index is 12.5. The van der Waals surface area contributed by atoms with Crippen LogP contribution in [0.2, 0.25) is 0 Å². The van der Waals surface area contributed by atoms with Crippen LogP contribution in [0.1, 0.15) is 58.3 Å². The Bertz CT molecular complexity index is 703. The fourth-order valence-corrected chi connectivity index (χ4v) is 5.40. The van der Waals surface area contributed by atoms with Crippen molar-refractivity contribution in [2.24, 2.45) is 17.3 Å². The molecule has 0 bridgehead atoms. The zero-order chi connectivity index (χ0) is 18.5. The Kier molecular flexibility index (Phi) is 4.32. The number of carbonyl (C=O) groups excluding carboxylic acids is 2. The van der Waals surface area contributed by atoms with Gasteiger partial charge in [-0.1, -0.05) is 26.2 Å². The van der Waals surface area contributed by atoms with E-state index in [2.05, 4.69) is 20.1 Å². The van der Waals surface area contributed by atoms with E-state index in [0.29, 0.717) is 5.57 Å². The molecule has 26 heavy (non-hydrogen) atoms. The van der Waals surface area contributed by atoms with E-state index in [4.69, 9.17) is 9.47 Å². The van der Waals surface area contributed by atoms with E-state index in [0.717, 1.165) is 62.5 Å². The fraction of sp³-hybridized carbons (Fsp3) is 0.636. The molecular weight excluding hydrogens is 328 g/mol. The number of fused-ring (bicyclic) bond motifs is 2. The Morgan fingerprint density at radius 3 is 2.88 bits per heavy atom. The third kappa shape index (κ3) is 2.83. The van der Waals surface area contributed by atoms with Crippen LogP contribution < -0.4 is 0 Å². The van der Waals surface area contributed by atoms with E-state index in [1.54, 1.807) is 0 Å². The van der Waals surface area contributed by atoms with Gasteiger partial charge in [0, 0.05) is 17.1 Å². The van der Waals surface area contributed by atoms with Crippen molar-refractivity contribution in [1.29, 1.82) is 0 Å². The average Bonchev–Trinajstić information content (AvgIpc) is 2.90. The van der Waals surface area contributed by atoms with E-state index in [-0.39, 0.29) is 41.4 Å². The number of hydrogen-bond donors (Lipinski definition) is 0. The van der Waals surface area contributed by atoms with E-state index >= 15 is 0 Å². The van der Waals surface area contributed by atoms with Gasteiger partial charge in [-0.25, -0.2) is 9.59 Å². The number of rotatable bonds is 2. The summed E-state index contributed by atoms with van der Waals surface area (Å²) in [7, 11) is 0. The maximum absolute atomic E-state index is 12.5.